The normalized spacial score (nSPS) is 27.6. The lowest BCUT2D eigenvalue weighted by molar-refractivity contribution is -0.151. The lowest BCUT2D eigenvalue weighted by Crippen LogP contribution is -2.44. The Balaban J connectivity index is 1.93. The van der Waals surface area contributed by atoms with Gasteiger partial charge in [-0.25, -0.2) is 4.57 Å². The number of aliphatic hydroxyl groups is 2. The van der Waals surface area contributed by atoms with Crippen LogP contribution in [0.15, 0.2) is 47.4 Å². The third-order valence-corrected chi connectivity index (χ3v) is 7.49. The lowest BCUT2D eigenvalue weighted by atomic mass is 9.96. The van der Waals surface area contributed by atoms with Crippen molar-refractivity contribution in [3.63, 3.8) is 0 Å². The fourth-order valence-electron chi connectivity index (χ4n) is 3.48. The SMILES string of the molecule is [2H]C([2H])(OP(=O)(C[C@@H](C)C(=O)OC(C)C)Oc1ccccc1)[C@H]1O[C@@H](n2ccc(=O)[nH]c2=S)C(C)(O)[C@H]1O. The van der Waals surface area contributed by atoms with Gasteiger partial charge in [-0.15, -0.1) is 0 Å². The van der Waals surface area contributed by atoms with Crippen molar-refractivity contribution in [2.24, 2.45) is 5.92 Å². The van der Waals surface area contributed by atoms with Crippen LogP contribution >= 0.6 is 19.8 Å². The van der Waals surface area contributed by atoms with Gasteiger partial charge in [0, 0.05) is 12.3 Å². The number of ether oxygens (including phenoxy) is 2. The van der Waals surface area contributed by atoms with E-state index in [1.54, 1.807) is 32.0 Å². The zero-order chi connectivity index (χ0) is 28.5. The molecule has 0 amide bonds. The predicted molar refractivity (Wildman–Crippen MR) is 132 cm³/mol. The first-order valence-electron chi connectivity index (χ1n) is 12.2. The first kappa shape index (κ1) is 25.3. The van der Waals surface area contributed by atoms with E-state index in [2.05, 4.69) is 4.98 Å². The smallest absolute Gasteiger partial charge is 0.380 e. The maximum absolute atomic E-state index is 13.9. The second kappa shape index (κ2) is 11.4. The summed E-state index contributed by atoms with van der Waals surface area (Å²) >= 11 is 5.11. The van der Waals surface area contributed by atoms with E-state index >= 15 is 0 Å². The molecule has 6 atom stereocenters. The molecule has 1 saturated heterocycles. The summed E-state index contributed by atoms with van der Waals surface area (Å²) in [6.07, 6.45) is -5.00. The Morgan fingerprint density at radius 3 is 2.61 bits per heavy atom. The summed E-state index contributed by atoms with van der Waals surface area (Å²) in [5, 5.41) is 21.9. The van der Waals surface area contributed by atoms with E-state index in [1.165, 1.54) is 32.2 Å². The first-order chi connectivity index (χ1) is 17.6. The Kier molecular flexibility index (Phi) is 8.00. The summed E-state index contributed by atoms with van der Waals surface area (Å²) in [5.41, 5.74) is -2.63. The molecule has 0 aliphatic carbocycles. The summed E-state index contributed by atoms with van der Waals surface area (Å²) in [4.78, 5) is 26.3. The Hall–Kier alpha value is -2.34. The number of para-hydroxylation sites is 1. The number of rotatable bonds is 10. The average Bonchev–Trinajstić information content (AvgIpc) is 3.03. The average molecular weight is 545 g/mol. The molecule has 2 unspecified atom stereocenters. The molecular formula is C23H31N2O9PS. The lowest BCUT2D eigenvalue weighted by Gasteiger charge is -2.28. The van der Waals surface area contributed by atoms with E-state index in [0.29, 0.717) is 0 Å². The van der Waals surface area contributed by atoms with Crippen LogP contribution in [0.3, 0.4) is 0 Å². The number of hydrogen-bond donors (Lipinski definition) is 3. The van der Waals surface area contributed by atoms with Crippen molar-refractivity contribution in [3.05, 3.63) is 57.7 Å². The second-order valence-corrected chi connectivity index (χ2v) is 11.2. The standard InChI is InChI=1S/C23H31N2O9PS/c1-14(2)32-20(28)15(3)13-35(30,34-16-8-6-5-7-9-16)31-12-17-19(27)23(4,29)21(33-17)25-11-10-18(26)24-22(25)36/h5-11,14-15,17,19,21,27,29H,12-13H2,1-4H3,(H,24,26,36)/t15-,17-,19+,21-,23?,35?/m1/s1/i12D2. The van der Waals surface area contributed by atoms with Gasteiger partial charge < -0.3 is 24.2 Å². The van der Waals surface area contributed by atoms with Gasteiger partial charge in [0.2, 0.25) is 0 Å². The number of carbonyl (C=O) groups is 1. The minimum atomic E-state index is -4.47. The Labute approximate surface area is 216 Å². The summed E-state index contributed by atoms with van der Waals surface area (Å²) in [7, 11) is -4.47. The number of H-pyrrole nitrogens is 1. The molecule has 1 aromatic carbocycles. The molecule has 0 radical (unpaired) electrons. The monoisotopic (exact) mass is 544 g/mol. The van der Waals surface area contributed by atoms with Gasteiger partial charge in [-0.05, 0) is 45.1 Å². The van der Waals surface area contributed by atoms with Crippen molar-refractivity contribution in [1.29, 1.82) is 0 Å². The number of nitrogens with one attached hydrogen (secondary N) is 1. The van der Waals surface area contributed by atoms with Crippen molar-refractivity contribution in [2.45, 2.75) is 57.8 Å². The maximum atomic E-state index is 13.9. The minimum absolute atomic E-state index is 0.0911. The molecule has 0 saturated carbocycles. The summed E-state index contributed by atoms with van der Waals surface area (Å²) < 4.78 is 53.8. The summed E-state index contributed by atoms with van der Waals surface area (Å²) in [6.45, 7) is 2.92. The van der Waals surface area contributed by atoms with Gasteiger partial charge in [-0.2, -0.15) is 0 Å². The highest BCUT2D eigenvalue weighted by atomic mass is 32.1. The van der Waals surface area contributed by atoms with Crippen LogP contribution in [0.2, 0.25) is 0 Å². The van der Waals surface area contributed by atoms with E-state index in [0.717, 1.165) is 10.6 Å². The number of benzene rings is 1. The third kappa shape index (κ3) is 6.70. The molecule has 2 aromatic rings. The van der Waals surface area contributed by atoms with Crippen molar-refractivity contribution in [3.8, 4) is 5.75 Å². The summed E-state index contributed by atoms with van der Waals surface area (Å²) in [5.74, 6) is -1.60. The number of carbonyl (C=O) groups excluding carboxylic acids is 1. The van der Waals surface area contributed by atoms with E-state index in [4.69, 9.17) is 33.5 Å². The molecule has 1 fully saturated rings. The van der Waals surface area contributed by atoms with Gasteiger partial charge in [0.25, 0.3) is 5.56 Å². The highest BCUT2D eigenvalue weighted by Crippen LogP contribution is 2.51. The van der Waals surface area contributed by atoms with Crippen LogP contribution in [-0.4, -0.2) is 62.4 Å². The van der Waals surface area contributed by atoms with E-state index in [1.807, 2.05) is 0 Å². The molecule has 1 aromatic heterocycles. The molecule has 13 heteroatoms. The fourth-order valence-corrected chi connectivity index (χ4v) is 5.45. The molecule has 3 rings (SSSR count). The molecule has 3 N–H and O–H groups in total. The van der Waals surface area contributed by atoms with Crippen molar-refractivity contribution >= 4 is 25.8 Å². The van der Waals surface area contributed by atoms with Gasteiger partial charge in [-0.3, -0.25) is 23.7 Å². The molecule has 2 heterocycles. The third-order valence-electron chi connectivity index (χ3n) is 5.31. The van der Waals surface area contributed by atoms with Gasteiger partial charge in [-0.1, -0.05) is 25.1 Å². The highest BCUT2D eigenvalue weighted by Gasteiger charge is 2.53. The summed E-state index contributed by atoms with van der Waals surface area (Å²) in [6, 6.07) is 8.95. The van der Waals surface area contributed by atoms with Crippen molar-refractivity contribution in [1.82, 2.24) is 9.55 Å². The Morgan fingerprint density at radius 1 is 1.33 bits per heavy atom. The van der Waals surface area contributed by atoms with Crippen LogP contribution in [0.4, 0.5) is 0 Å². The zero-order valence-corrected chi connectivity index (χ0v) is 21.9. The minimum Gasteiger partial charge on any atom is -0.463 e. The number of aliphatic hydroxyl groups excluding tert-OH is 1. The largest absolute Gasteiger partial charge is 0.463 e. The Bertz CT molecular complexity index is 1300. The molecule has 1 aliphatic rings. The van der Waals surface area contributed by atoms with Gasteiger partial charge in [0.1, 0.15) is 23.6 Å². The van der Waals surface area contributed by atoms with Crippen LogP contribution in [0, 0.1) is 10.7 Å². The topological polar surface area (TPSA) is 149 Å². The molecular weight excluding hydrogens is 511 g/mol. The second-order valence-electron chi connectivity index (χ2n) is 8.89. The van der Waals surface area contributed by atoms with Crippen LogP contribution in [0.1, 0.15) is 36.7 Å². The van der Waals surface area contributed by atoms with E-state index < -0.39 is 67.9 Å². The first-order valence-corrected chi connectivity index (χ1v) is 13.3. The van der Waals surface area contributed by atoms with E-state index in [9.17, 15) is 24.4 Å². The fraction of sp³-hybridized carbons (Fsp3) is 0.522. The number of nitrogens with zero attached hydrogens (tertiary/aromatic N) is 1. The quantitative estimate of drug-likeness (QED) is 0.232. The Morgan fingerprint density at radius 2 is 2.00 bits per heavy atom. The van der Waals surface area contributed by atoms with Crippen molar-refractivity contribution < 1.29 is 40.8 Å². The predicted octanol–water partition coefficient (Wildman–Crippen LogP) is 2.79. The number of aromatic amines is 1. The maximum Gasteiger partial charge on any atom is 0.380 e. The molecule has 1 aliphatic heterocycles. The number of hydrogen-bond acceptors (Lipinski definition) is 10. The highest BCUT2D eigenvalue weighted by molar-refractivity contribution is 7.71. The van der Waals surface area contributed by atoms with Crippen molar-refractivity contribution in [2.75, 3.05) is 12.7 Å². The molecule has 0 bridgehead atoms. The van der Waals surface area contributed by atoms with Crippen LogP contribution in [0.25, 0.3) is 0 Å². The van der Waals surface area contributed by atoms with Gasteiger partial charge >= 0.3 is 13.6 Å². The van der Waals surface area contributed by atoms with Crippen LogP contribution in [-0.2, 0) is 23.4 Å². The number of aromatic nitrogens is 2. The van der Waals surface area contributed by atoms with Crippen LogP contribution < -0.4 is 10.1 Å². The van der Waals surface area contributed by atoms with Crippen LogP contribution in [0.5, 0.6) is 5.75 Å². The van der Waals surface area contributed by atoms with E-state index in [-0.39, 0.29) is 10.5 Å². The molecule has 198 valence electrons. The molecule has 36 heavy (non-hydrogen) atoms. The van der Waals surface area contributed by atoms with Gasteiger partial charge in [0.15, 0.2) is 11.0 Å². The molecule has 0 spiro atoms. The zero-order valence-electron chi connectivity index (χ0n) is 22.2. The van der Waals surface area contributed by atoms with Gasteiger partial charge in [0.05, 0.1) is 27.5 Å². The number of esters is 1. The molecule has 11 nitrogen and oxygen atoms in total.